The first-order valence-corrected chi connectivity index (χ1v) is 6.11. The summed E-state index contributed by atoms with van der Waals surface area (Å²) in [5.74, 6) is -0.115. The molecule has 1 N–H and O–H groups in total. The average molecular weight is 265 g/mol. The molecule has 1 aliphatic heterocycles. The van der Waals surface area contributed by atoms with Crippen molar-refractivity contribution in [1.82, 2.24) is 10.2 Å². The Hall–Kier alpha value is -2.94. The van der Waals surface area contributed by atoms with Crippen LogP contribution in [0.25, 0.3) is 0 Å². The molecule has 3 rings (SSSR count). The molecule has 0 saturated heterocycles. The number of rotatable bonds is 1. The molecule has 20 heavy (non-hydrogen) atoms. The Morgan fingerprint density at radius 1 is 1.25 bits per heavy atom. The van der Waals surface area contributed by atoms with Gasteiger partial charge in [-0.25, -0.2) is 0 Å². The molecule has 0 radical (unpaired) electrons. The van der Waals surface area contributed by atoms with Crippen molar-refractivity contribution in [3.8, 4) is 6.07 Å². The van der Waals surface area contributed by atoms with E-state index in [0.717, 1.165) is 11.3 Å². The Labute approximate surface area is 115 Å². The Morgan fingerprint density at radius 3 is 2.90 bits per heavy atom. The van der Waals surface area contributed by atoms with Crippen molar-refractivity contribution in [2.24, 2.45) is 0 Å². The minimum absolute atomic E-state index is 0.115. The molecule has 0 bridgehead atoms. The van der Waals surface area contributed by atoms with Crippen LogP contribution in [0.3, 0.4) is 0 Å². The van der Waals surface area contributed by atoms with E-state index in [4.69, 9.17) is 5.26 Å². The summed E-state index contributed by atoms with van der Waals surface area (Å²) in [6.07, 6.45) is 3.22. The first-order valence-electron chi connectivity index (χ1n) is 6.11. The monoisotopic (exact) mass is 265 g/mol. The normalized spacial score (nSPS) is 13.9. The lowest BCUT2D eigenvalue weighted by atomic mass is 10.1. The quantitative estimate of drug-likeness (QED) is 0.840. The zero-order valence-electron chi connectivity index (χ0n) is 10.6. The van der Waals surface area contributed by atoms with Gasteiger partial charge in [-0.1, -0.05) is 6.07 Å². The first kappa shape index (κ1) is 12.1. The second-order valence-electron chi connectivity index (χ2n) is 4.49. The predicted octanol–water partition coefficient (Wildman–Crippen LogP) is 1.31. The molecule has 0 unspecified atom stereocenters. The van der Waals surface area contributed by atoms with E-state index in [1.54, 1.807) is 24.5 Å². The van der Waals surface area contributed by atoms with Gasteiger partial charge in [-0.3, -0.25) is 4.79 Å². The SMILES string of the molecule is N#Cc1ccc2c(c1)NC(=O)CN(c1ccnnc1)C2. The topological polar surface area (TPSA) is 81.9 Å². The van der Waals surface area contributed by atoms with Crippen LogP contribution in [0.1, 0.15) is 11.1 Å². The number of amides is 1. The third-order valence-corrected chi connectivity index (χ3v) is 3.14. The number of benzene rings is 1. The van der Waals surface area contributed by atoms with Crippen LogP contribution in [0.15, 0.2) is 36.7 Å². The lowest BCUT2D eigenvalue weighted by molar-refractivity contribution is -0.114. The van der Waals surface area contributed by atoms with Gasteiger partial charge in [0, 0.05) is 12.2 Å². The number of carbonyl (C=O) groups excluding carboxylic acids is 1. The van der Waals surface area contributed by atoms with Gasteiger partial charge in [-0.2, -0.15) is 15.5 Å². The fraction of sp³-hybridized carbons (Fsp3) is 0.143. The van der Waals surface area contributed by atoms with Crippen molar-refractivity contribution >= 4 is 17.3 Å². The summed E-state index contributed by atoms with van der Waals surface area (Å²) in [6.45, 7) is 0.813. The van der Waals surface area contributed by atoms with Crippen LogP contribution in [-0.4, -0.2) is 22.6 Å². The summed E-state index contributed by atoms with van der Waals surface area (Å²) in [7, 11) is 0. The number of nitrogens with one attached hydrogen (secondary N) is 1. The molecule has 1 aliphatic rings. The van der Waals surface area contributed by atoms with E-state index < -0.39 is 0 Å². The molecule has 6 heteroatoms. The van der Waals surface area contributed by atoms with E-state index in [9.17, 15) is 4.79 Å². The van der Waals surface area contributed by atoms with Gasteiger partial charge < -0.3 is 10.2 Å². The van der Waals surface area contributed by atoms with Crippen LogP contribution in [-0.2, 0) is 11.3 Å². The summed E-state index contributed by atoms with van der Waals surface area (Å²) >= 11 is 0. The van der Waals surface area contributed by atoms with E-state index in [2.05, 4.69) is 21.6 Å². The highest BCUT2D eigenvalue weighted by Gasteiger charge is 2.20. The maximum atomic E-state index is 12.0. The second-order valence-corrected chi connectivity index (χ2v) is 4.49. The number of anilines is 2. The standard InChI is InChI=1S/C14H11N5O/c15-6-10-1-2-11-8-19(12-3-4-16-17-7-12)9-14(20)18-13(11)5-10/h1-5,7H,8-9H2,(H,18,20). The summed E-state index contributed by atoms with van der Waals surface area (Å²) in [6, 6.07) is 9.19. The zero-order valence-corrected chi connectivity index (χ0v) is 10.6. The van der Waals surface area contributed by atoms with Crippen molar-refractivity contribution in [2.45, 2.75) is 6.54 Å². The molecule has 1 aromatic heterocycles. The molecule has 1 amide bonds. The minimum Gasteiger partial charge on any atom is -0.356 e. The lowest BCUT2D eigenvalue weighted by Crippen LogP contribution is -2.29. The molecule has 0 saturated carbocycles. The molecule has 0 spiro atoms. The summed E-state index contributed by atoms with van der Waals surface area (Å²) in [5.41, 5.74) is 3.03. The highest BCUT2D eigenvalue weighted by Crippen LogP contribution is 2.25. The maximum Gasteiger partial charge on any atom is 0.243 e. The molecule has 2 heterocycles. The molecule has 6 nitrogen and oxygen atoms in total. The van der Waals surface area contributed by atoms with E-state index in [1.807, 2.05) is 17.0 Å². The molecule has 0 fully saturated rings. The Balaban J connectivity index is 1.98. The van der Waals surface area contributed by atoms with Crippen molar-refractivity contribution in [1.29, 1.82) is 5.26 Å². The van der Waals surface area contributed by atoms with E-state index in [0.29, 0.717) is 17.8 Å². The predicted molar refractivity (Wildman–Crippen MR) is 72.9 cm³/mol. The van der Waals surface area contributed by atoms with Crippen LogP contribution in [0.2, 0.25) is 0 Å². The van der Waals surface area contributed by atoms with E-state index in [1.165, 1.54) is 0 Å². The molecular weight excluding hydrogens is 254 g/mol. The number of carbonyl (C=O) groups is 1. The van der Waals surface area contributed by atoms with Crippen molar-refractivity contribution in [3.63, 3.8) is 0 Å². The summed E-state index contributed by atoms with van der Waals surface area (Å²) < 4.78 is 0. The number of fused-ring (bicyclic) bond motifs is 1. The number of hydrogen-bond donors (Lipinski definition) is 1. The Morgan fingerprint density at radius 2 is 2.15 bits per heavy atom. The number of hydrogen-bond acceptors (Lipinski definition) is 5. The first-order chi connectivity index (χ1) is 9.76. The Kier molecular flexibility index (Phi) is 3.01. The third-order valence-electron chi connectivity index (χ3n) is 3.14. The van der Waals surface area contributed by atoms with Crippen molar-refractivity contribution in [3.05, 3.63) is 47.8 Å². The highest BCUT2D eigenvalue weighted by molar-refractivity contribution is 5.96. The van der Waals surface area contributed by atoms with Crippen LogP contribution in [0.5, 0.6) is 0 Å². The molecular formula is C14H11N5O. The molecule has 98 valence electrons. The van der Waals surface area contributed by atoms with Crippen LogP contribution < -0.4 is 10.2 Å². The van der Waals surface area contributed by atoms with E-state index in [-0.39, 0.29) is 12.5 Å². The van der Waals surface area contributed by atoms with Crippen LogP contribution in [0, 0.1) is 11.3 Å². The number of nitrogens with zero attached hydrogens (tertiary/aromatic N) is 4. The van der Waals surface area contributed by atoms with Crippen LogP contribution in [0.4, 0.5) is 11.4 Å². The Bertz CT molecular complexity index is 692. The third kappa shape index (κ3) is 2.29. The van der Waals surface area contributed by atoms with Gasteiger partial charge in [-0.15, -0.1) is 0 Å². The zero-order chi connectivity index (χ0) is 13.9. The largest absolute Gasteiger partial charge is 0.356 e. The molecule has 2 aromatic rings. The smallest absolute Gasteiger partial charge is 0.243 e. The fourth-order valence-electron chi connectivity index (χ4n) is 2.18. The van der Waals surface area contributed by atoms with Crippen molar-refractivity contribution < 1.29 is 4.79 Å². The second kappa shape index (κ2) is 4.97. The average Bonchev–Trinajstić information content (AvgIpc) is 2.65. The van der Waals surface area contributed by atoms with E-state index >= 15 is 0 Å². The van der Waals surface area contributed by atoms with Gasteiger partial charge >= 0.3 is 0 Å². The van der Waals surface area contributed by atoms with Gasteiger partial charge in [0.2, 0.25) is 5.91 Å². The van der Waals surface area contributed by atoms with Gasteiger partial charge in [-0.05, 0) is 23.8 Å². The lowest BCUT2D eigenvalue weighted by Gasteiger charge is -2.20. The molecule has 1 aromatic carbocycles. The molecule has 0 aliphatic carbocycles. The minimum atomic E-state index is -0.115. The summed E-state index contributed by atoms with van der Waals surface area (Å²) in [4.78, 5) is 13.9. The number of nitriles is 1. The fourth-order valence-corrected chi connectivity index (χ4v) is 2.18. The van der Waals surface area contributed by atoms with Gasteiger partial charge in [0.05, 0.1) is 36.3 Å². The summed E-state index contributed by atoms with van der Waals surface area (Å²) in [5, 5.41) is 19.3. The molecule has 0 atom stereocenters. The van der Waals surface area contributed by atoms with Gasteiger partial charge in [0.25, 0.3) is 0 Å². The van der Waals surface area contributed by atoms with Gasteiger partial charge in [0.1, 0.15) is 0 Å². The van der Waals surface area contributed by atoms with Crippen LogP contribution >= 0.6 is 0 Å². The van der Waals surface area contributed by atoms with Crippen molar-refractivity contribution in [2.75, 3.05) is 16.8 Å². The number of aromatic nitrogens is 2. The maximum absolute atomic E-state index is 12.0. The highest BCUT2D eigenvalue weighted by atomic mass is 16.2. The van der Waals surface area contributed by atoms with Gasteiger partial charge in [0.15, 0.2) is 0 Å².